The van der Waals surface area contributed by atoms with E-state index in [-0.39, 0.29) is 11.2 Å². The predicted octanol–water partition coefficient (Wildman–Crippen LogP) is 5.80. The fourth-order valence-corrected chi connectivity index (χ4v) is 4.13. The Hall–Kier alpha value is -1.49. The Morgan fingerprint density at radius 2 is 1.92 bits per heavy atom. The van der Waals surface area contributed by atoms with Crippen LogP contribution in [0.3, 0.4) is 0 Å². The van der Waals surface area contributed by atoms with Crippen LogP contribution in [0.15, 0.2) is 47.5 Å². The molecule has 2 aromatic rings. The first-order chi connectivity index (χ1) is 12.5. The van der Waals surface area contributed by atoms with Gasteiger partial charge in [0.05, 0.1) is 10.9 Å². The lowest BCUT2D eigenvalue weighted by Gasteiger charge is -2.07. The number of amidine groups is 1. The lowest BCUT2D eigenvalue weighted by Crippen LogP contribution is -2.26. The van der Waals surface area contributed by atoms with Crippen molar-refractivity contribution in [1.82, 2.24) is 5.32 Å². The number of halogens is 2. The number of hydrogen-bond donors (Lipinski definition) is 1. The molecule has 6 heteroatoms. The van der Waals surface area contributed by atoms with Gasteiger partial charge in [0.1, 0.15) is 0 Å². The van der Waals surface area contributed by atoms with Gasteiger partial charge in [0, 0.05) is 10.0 Å². The topological polar surface area (TPSA) is 41.5 Å². The second-order valence-corrected chi connectivity index (χ2v) is 8.26. The van der Waals surface area contributed by atoms with Crippen LogP contribution in [-0.4, -0.2) is 16.3 Å². The van der Waals surface area contributed by atoms with Crippen molar-refractivity contribution in [1.29, 1.82) is 0 Å². The Balaban J connectivity index is 1.67. The third kappa shape index (κ3) is 5.03. The molecule has 3 rings (SSSR count). The van der Waals surface area contributed by atoms with Crippen molar-refractivity contribution >= 4 is 51.7 Å². The number of hydrogen-bond acceptors (Lipinski definition) is 3. The highest BCUT2D eigenvalue weighted by Crippen LogP contribution is 2.29. The Labute approximate surface area is 168 Å². The van der Waals surface area contributed by atoms with Crippen molar-refractivity contribution in [2.24, 2.45) is 4.99 Å². The SMILES string of the molecule is CCCCc1ccc(N=C2NC(=O)[C@@H](Cc3cc(Cl)ccc3Cl)S2)cc1. The van der Waals surface area contributed by atoms with Crippen molar-refractivity contribution in [3.63, 3.8) is 0 Å². The predicted molar refractivity (Wildman–Crippen MR) is 112 cm³/mol. The van der Waals surface area contributed by atoms with Gasteiger partial charge in [-0.25, -0.2) is 4.99 Å². The Kier molecular flexibility index (Phi) is 6.63. The molecule has 0 saturated carbocycles. The highest BCUT2D eigenvalue weighted by molar-refractivity contribution is 8.15. The molecule has 1 heterocycles. The van der Waals surface area contributed by atoms with Crippen LogP contribution >= 0.6 is 35.0 Å². The monoisotopic (exact) mass is 406 g/mol. The lowest BCUT2D eigenvalue weighted by molar-refractivity contribution is -0.118. The molecule has 0 aromatic heterocycles. The Morgan fingerprint density at radius 3 is 2.65 bits per heavy atom. The summed E-state index contributed by atoms with van der Waals surface area (Å²) in [6.07, 6.45) is 3.98. The van der Waals surface area contributed by atoms with Crippen molar-refractivity contribution in [2.75, 3.05) is 0 Å². The van der Waals surface area contributed by atoms with E-state index in [1.165, 1.54) is 30.2 Å². The van der Waals surface area contributed by atoms with Gasteiger partial charge in [-0.05, 0) is 60.7 Å². The molecule has 1 fully saturated rings. The summed E-state index contributed by atoms with van der Waals surface area (Å²) in [5.41, 5.74) is 3.02. The van der Waals surface area contributed by atoms with E-state index in [0.29, 0.717) is 21.6 Å². The molecule has 0 radical (unpaired) electrons. The van der Waals surface area contributed by atoms with Gasteiger partial charge in [0.15, 0.2) is 5.17 Å². The van der Waals surface area contributed by atoms with Crippen LogP contribution in [-0.2, 0) is 17.6 Å². The number of thioether (sulfide) groups is 1. The minimum atomic E-state index is -0.256. The van der Waals surface area contributed by atoms with E-state index < -0.39 is 0 Å². The highest BCUT2D eigenvalue weighted by atomic mass is 35.5. The van der Waals surface area contributed by atoms with Gasteiger partial charge < -0.3 is 5.32 Å². The molecular weight excluding hydrogens is 387 g/mol. The first kappa shape index (κ1) is 19.3. The van der Waals surface area contributed by atoms with E-state index >= 15 is 0 Å². The lowest BCUT2D eigenvalue weighted by atomic mass is 10.1. The first-order valence-corrected chi connectivity index (χ1v) is 10.3. The van der Waals surface area contributed by atoms with E-state index in [4.69, 9.17) is 23.2 Å². The number of aryl methyl sites for hydroxylation is 1. The number of nitrogens with zero attached hydrogens (tertiary/aromatic N) is 1. The molecule has 136 valence electrons. The summed E-state index contributed by atoms with van der Waals surface area (Å²) < 4.78 is 0. The molecule has 1 atom stereocenters. The Bertz CT molecular complexity index is 821. The largest absolute Gasteiger partial charge is 0.304 e. The van der Waals surface area contributed by atoms with Gasteiger partial charge in [-0.3, -0.25) is 4.79 Å². The molecule has 1 aliphatic rings. The molecule has 0 aliphatic carbocycles. The molecule has 3 nitrogen and oxygen atoms in total. The molecule has 26 heavy (non-hydrogen) atoms. The smallest absolute Gasteiger partial charge is 0.239 e. The van der Waals surface area contributed by atoms with Crippen LogP contribution in [0.25, 0.3) is 0 Å². The summed E-state index contributed by atoms with van der Waals surface area (Å²) in [7, 11) is 0. The average molecular weight is 407 g/mol. The van der Waals surface area contributed by atoms with Crippen molar-refractivity contribution in [3.05, 3.63) is 63.6 Å². The number of carbonyl (C=O) groups excluding carboxylic acids is 1. The number of carbonyl (C=O) groups is 1. The third-order valence-electron chi connectivity index (χ3n) is 4.18. The molecule has 1 saturated heterocycles. The maximum Gasteiger partial charge on any atom is 0.239 e. The second-order valence-electron chi connectivity index (χ2n) is 6.22. The van der Waals surface area contributed by atoms with Gasteiger partial charge in [-0.1, -0.05) is 60.4 Å². The van der Waals surface area contributed by atoms with Gasteiger partial charge in [-0.2, -0.15) is 0 Å². The van der Waals surface area contributed by atoms with Crippen molar-refractivity contribution in [2.45, 2.75) is 37.9 Å². The summed E-state index contributed by atoms with van der Waals surface area (Å²) in [5.74, 6) is -0.0515. The van der Waals surface area contributed by atoms with Crippen LogP contribution in [0, 0.1) is 0 Å². The average Bonchev–Trinajstić information content (AvgIpc) is 2.96. The number of benzene rings is 2. The molecule has 0 spiro atoms. The van der Waals surface area contributed by atoms with E-state index in [0.717, 1.165) is 17.7 Å². The quantitative estimate of drug-likeness (QED) is 0.658. The van der Waals surface area contributed by atoms with Gasteiger partial charge in [-0.15, -0.1) is 0 Å². The van der Waals surface area contributed by atoms with Crippen LogP contribution < -0.4 is 5.32 Å². The van der Waals surface area contributed by atoms with Gasteiger partial charge in [0.2, 0.25) is 5.91 Å². The molecule has 2 aromatic carbocycles. The summed E-state index contributed by atoms with van der Waals surface area (Å²) in [5, 5.41) is 4.46. The molecule has 1 aliphatic heterocycles. The standard InChI is InChI=1S/C20H20Cl2N2OS/c1-2-3-4-13-5-8-16(9-6-13)23-20-24-19(25)18(26-20)12-14-11-15(21)7-10-17(14)22/h5-11,18H,2-4,12H2,1H3,(H,23,24,25)/t18-/m1/s1. The van der Waals surface area contributed by atoms with Crippen molar-refractivity contribution in [3.8, 4) is 0 Å². The molecule has 0 unspecified atom stereocenters. The van der Waals surface area contributed by atoms with Gasteiger partial charge >= 0.3 is 0 Å². The maximum atomic E-state index is 12.3. The summed E-state index contributed by atoms with van der Waals surface area (Å²) in [4.78, 5) is 16.8. The normalized spacial score (nSPS) is 18.3. The Morgan fingerprint density at radius 1 is 1.15 bits per heavy atom. The number of unbranched alkanes of at least 4 members (excludes halogenated alkanes) is 1. The zero-order chi connectivity index (χ0) is 18.5. The van der Waals surface area contributed by atoms with Crippen LogP contribution in [0.2, 0.25) is 10.0 Å². The highest BCUT2D eigenvalue weighted by Gasteiger charge is 2.30. The van der Waals surface area contributed by atoms with Gasteiger partial charge in [0.25, 0.3) is 0 Å². The number of rotatable bonds is 6. The number of aliphatic imine (C=N–C) groups is 1. The number of amides is 1. The molecule has 0 bridgehead atoms. The minimum Gasteiger partial charge on any atom is -0.304 e. The molecule has 1 N–H and O–H groups in total. The zero-order valence-electron chi connectivity index (χ0n) is 14.5. The van der Waals surface area contributed by atoms with E-state index in [1.807, 2.05) is 18.2 Å². The van der Waals surface area contributed by atoms with E-state index in [1.54, 1.807) is 12.1 Å². The molecular formula is C20H20Cl2N2OS. The maximum absolute atomic E-state index is 12.3. The van der Waals surface area contributed by atoms with Crippen LogP contribution in [0.1, 0.15) is 30.9 Å². The molecule has 1 amide bonds. The second kappa shape index (κ2) is 8.94. The third-order valence-corrected chi connectivity index (χ3v) is 5.86. The summed E-state index contributed by atoms with van der Waals surface area (Å²) in [6, 6.07) is 13.5. The summed E-state index contributed by atoms with van der Waals surface area (Å²) in [6.45, 7) is 2.19. The fraction of sp³-hybridized carbons (Fsp3) is 0.300. The zero-order valence-corrected chi connectivity index (χ0v) is 16.8. The minimum absolute atomic E-state index is 0.0515. The van der Waals surface area contributed by atoms with E-state index in [9.17, 15) is 4.79 Å². The van der Waals surface area contributed by atoms with Crippen LogP contribution in [0.4, 0.5) is 5.69 Å². The van der Waals surface area contributed by atoms with Crippen molar-refractivity contribution < 1.29 is 4.79 Å². The summed E-state index contributed by atoms with van der Waals surface area (Å²) >= 11 is 13.7. The first-order valence-electron chi connectivity index (χ1n) is 8.64. The fourth-order valence-electron chi connectivity index (χ4n) is 2.73. The number of nitrogens with one attached hydrogen (secondary N) is 1. The van der Waals surface area contributed by atoms with E-state index in [2.05, 4.69) is 29.4 Å². The van der Waals surface area contributed by atoms with Crippen LogP contribution in [0.5, 0.6) is 0 Å².